The third-order valence-corrected chi connectivity index (χ3v) is 5.96. The number of benzene rings is 2. The third-order valence-electron chi connectivity index (χ3n) is 4.69. The van der Waals surface area contributed by atoms with Gasteiger partial charge in [-0.25, -0.2) is 0 Å². The fourth-order valence-corrected chi connectivity index (χ4v) is 4.43. The number of amides is 1. The first-order chi connectivity index (χ1) is 14.0. The van der Waals surface area contributed by atoms with Crippen molar-refractivity contribution < 1.29 is 14.3 Å². The van der Waals surface area contributed by atoms with Crippen molar-refractivity contribution in [1.82, 2.24) is 5.32 Å². The molecular weight excluding hydrogens is 408 g/mol. The fourth-order valence-electron chi connectivity index (χ4n) is 3.27. The Morgan fingerprint density at radius 2 is 1.90 bits per heavy atom. The summed E-state index contributed by atoms with van der Waals surface area (Å²) < 4.78 is 4.84. The van der Waals surface area contributed by atoms with Crippen molar-refractivity contribution in [1.29, 1.82) is 5.26 Å². The Kier molecular flexibility index (Phi) is 6.97. The molecule has 2 atom stereocenters. The minimum Gasteiger partial charge on any atom is -0.468 e. The second kappa shape index (κ2) is 9.64. The van der Waals surface area contributed by atoms with Gasteiger partial charge in [0.1, 0.15) is 5.92 Å². The molecule has 1 heterocycles. The molecule has 0 bridgehead atoms. The van der Waals surface area contributed by atoms with E-state index >= 15 is 0 Å². The standard InChI is InChI=1S/C22H19ClN2O3S/c1-28-22(27)19-18(15-7-9-16(23)10-8-15)17(13-24)21(25-20(19)26)29-12-11-14-5-3-2-4-6-14/h2-10,18-19H,11-12H2,1H3,(H,25,26)/t18-,19-/m0/s1. The van der Waals surface area contributed by atoms with Crippen molar-refractivity contribution in [2.75, 3.05) is 12.9 Å². The van der Waals surface area contributed by atoms with Crippen LogP contribution in [0.5, 0.6) is 0 Å². The van der Waals surface area contributed by atoms with Crippen molar-refractivity contribution in [2.24, 2.45) is 5.92 Å². The molecule has 1 amide bonds. The van der Waals surface area contributed by atoms with E-state index in [1.54, 1.807) is 24.3 Å². The maximum Gasteiger partial charge on any atom is 0.319 e. The Labute approximate surface area is 178 Å². The first kappa shape index (κ1) is 21.0. The molecule has 3 rings (SSSR count). The zero-order valence-corrected chi connectivity index (χ0v) is 17.3. The number of carbonyl (C=O) groups is 2. The number of thioether (sulfide) groups is 1. The molecule has 1 aliphatic heterocycles. The quantitative estimate of drug-likeness (QED) is 0.556. The average Bonchev–Trinajstić information content (AvgIpc) is 2.74. The number of nitrogens with zero attached hydrogens (tertiary/aromatic N) is 1. The van der Waals surface area contributed by atoms with Crippen LogP contribution in [0.15, 0.2) is 65.2 Å². The number of halogens is 1. The summed E-state index contributed by atoms with van der Waals surface area (Å²) >= 11 is 7.38. The van der Waals surface area contributed by atoms with Gasteiger partial charge in [-0.3, -0.25) is 9.59 Å². The number of carbonyl (C=O) groups excluding carboxylic acids is 2. The molecular formula is C22H19ClN2O3S. The van der Waals surface area contributed by atoms with Crippen molar-refractivity contribution in [3.63, 3.8) is 0 Å². The number of allylic oxidation sites excluding steroid dienone is 1. The van der Waals surface area contributed by atoms with E-state index in [9.17, 15) is 14.9 Å². The Hall–Kier alpha value is -2.75. The molecule has 5 nitrogen and oxygen atoms in total. The maximum absolute atomic E-state index is 12.8. The predicted octanol–water partition coefficient (Wildman–Crippen LogP) is 4.05. The van der Waals surface area contributed by atoms with Gasteiger partial charge in [0.25, 0.3) is 0 Å². The Morgan fingerprint density at radius 1 is 1.21 bits per heavy atom. The van der Waals surface area contributed by atoms with Gasteiger partial charge >= 0.3 is 5.97 Å². The first-order valence-electron chi connectivity index (χ1n) is 9.00. The molecule has 7 heteroatoms. The Bertz CT molecular complexity index is 968. The van der Waals surface area contributed by atoms with E-state index in [1.165, 1.54) is 24.4 Å². The molecule has 1 N–H and O–H groups in total. The maximum atomic E-state index is 12.8. The Balaban J connectivity index is 1.93. The molecule has 0 unspecified atom stereocenters. The lowest BCUT2D eigenvalue weighted by Gasteiger charge is -2.31. The van der Waals surface area contributed by atoms with Crippen molar-refractivity contribution in [2.45, 2.75) is 12.3 Å². The minimum absolute atomic E-state index is 0.348. The molecule has 1 aliphatic rings. The second-order valence-electron chi connectivity index (χ2n) is 6.46. The molecule has 29 heavy (non-hydrogen) atoms. The predicted molar refractivity (Wildman–Crippen MR) is 113 cm³/mol. The van der Waals surface area contributed by atoms with Gasteiger partial charge in [0.15, 0.2) is 0 Å². The van der Waals surface area contributed by atoms with Crippen LogP contribution in [0, 0.1) is 17.2 Å². The summed E-state index contributed by atoms with van der Waals surface area (Å²) in [5, 5.41) is 13.6. The van der Waals surface area contributed by atoms with E-state index < -0.39 is 23.7 Å². The number of hydrogen-bond donors (Lipinski definition) is 1. The van der Waals surface area contributed by atoms with E-state index in [-0.39, 0.29) is 0 Å². The van der Waals surface area contributed by atoms with Crippen LogP contribution in [-0.4, -0.2) is 24.7 Å². The normalized spacial score (nSPS) is 18.7. The van der Waals surface area contributed by atoms with Crippen LogP contribution >= 0.6 is 23.4 Å². The van der Waals surface area contributed by atoms with Crippen LogP contribution in [0.3, 0.4) is 0 Å². The highest BCUT2D eigenvalue weighted by molar-refractivity contribution is 8.03. The number of nitriles is 1. The topological polar surface area (TPSA) is 79.2 Å². The largest absolute Gasteiger partial charge is 0.468 e. The van der Waals surface area contributed by atoms with E-state index in [4.69, 9.17) is 16.3 Å². The number of ether oxygens (including phenoxy) is 1. The van der Waals surface area contributed by atoms with Crippen molar-refractivity contribution in [3.05, 3.63) is 81.3 Å². The third kappa shape index (κ3) is 4.81. The average molecular weight is 427 g/mol. The van der Waals surface area contributed by atoms with Gasteiger partial charge in [-0.2, -0.15) is 5.26 Å². The number of aryl methyl sites for hydroxylation is 1. The minimum atomic E-state index is -1.13. The van der Waals surface area contributed by atoms with Crippen molar-refractivity contribution in [3.8, 4) is 6.07 Å². The molecule has 0 aromatic heterocycles. The van der Waals surface area contributed by atoms with Crippen LogP contribution < -0.4 is 5.32 Å². The van der Waals surface area contributed by atoms with Crippen LogP contribution in [-0.2, 0) is 20.7 Å². The fraction of sp³-hybridized carbons (Fsp3) is 0.227. The zero-order chi connectivity index (χ0) is 20.8. The van der Waals surface area contributed by atoms with Crippen LogP contribution in [0.4, 0.5) is 0 Å². The summed E-state index contributed by atoms with van der Waals surface area (Å²) in [6.45, 7) is 0. The molecule has 0 fully saturated rings. The summed E-state index contributed by atoms with van der Waals surface area (Å²) in [6, 6.07) is 19.0. The lowest BCUT2D eigenvalue weighted by Crippen LogP contribution is -2.44. The summed E-state index contributed by atoms with van der Waals surface area (Å²) in [5.41, 5.74) is 2.18. The SMILES string of the molecule is COC(=O)[C@@H]1C(=O)NC(SCCc2ccccc2)=C(C#N)[C@@H]1c1ccc(Cl)cc1. The van der Waals surface area contributed by atoms with Crippen molar-refractivity contribution >= 4 is 35.2 Å². The van der Waals surface area contributed by atoms with Gasteiger partial charge in [0.05, 0.1) is 23.8 Å². The van der Waals surface area contributed by atoms with Crippen LogP contribution in [0.1, 0.15) is 17.0 Å². The smallest absolute Gasteiger partial charge is 0.319 e. The molecule has 2 aromatic rings. The molecule has 0 aliphatic carbocycles. The Morgan fingerprint density at radius 3 is 2.52 bits per heavy atom. The molecule has 0 spiro atoms. The molecule has 0 radical (unpaired) electrons. The van der Waals surface area contributed by atoms with E-state index in [2.05, 4.69) is 11.4 Å². The number of rotatable bonds is 6. The van der Waals surface area contributed by atoms with Gasteiger partial charge in [0.2, 0.25) is 5.91 Å². The zero-order valence-electron chi connectivity index (χ0n) is 15.7. The summed E-state index contributed by atoms with van der Waals surface area (Å²) in [7, 11) is 1.23. The highest BCUT2D eigenvalue weighted by atomic mass is 35.5. The van der Waals surface area contributed by atoms with Gasteiger partial charge in [-0.05, 0) is 29.7 Å². The van der Waals surface area contributed by atoms with Crippen LogP contribution in [0.2, 0.25) is 5.02 Å². The summed E-state index contributed by atoms with van der Waals surface area (Å²) in [5.74, 6) is -2.32. The lowest BCUT2D eigenvalue weighted by atomic mass is 9.78. The second-order valence-corrected chi connectivity index (χ2v) is 8.00. The summed E-state index contributed by atoms with van der Waals surface area (Å²) in [6.07, 6.45) is 0.787. The lowest BCUT2D eigenvalue weighted by molar-refractivity contribution is -0.150. The van der Waals surface area contributed by atoms with Gasteiger partial charge in [-0.1, -0.05) is 54.1 Å². The monoisotopic (exact) mass is 426 g/mol. The van der Waals surface area contributed by atoms with E-state index in [0.29, 0.717) is 26.9 Å². The van der Waals surface area contributed by atoms with E-state index in [0.717, 1.165) is 6.42 Å². The molecule has 2 aromatic carbocycles. The summed E-state index contributed by atoms with van der Waals surface area (Å²) in [4.78, 5) is 25.1. The first-order valence-corrected chi connectivity index (χ1v) is 10.4. The molecule has 0 saturated carbocycles. The highest BCUT2D eigenvalue weighted by Gasteiger charge is 2.44. The molecule has 0 saturated heterocycles. The highest BCUT2D eigenvalue weighted by Crippen LogP contribution is 2.40. The van der Waals surface area contributed by atoms with Crippen LogP contribution in [0.25, 0.3) is 0 Å². The molecule has 148 valence electrons. The number of esters is 1. The van der Waals surface area contributed by atoms with Gasteiger partial charge < -0.3 is 10.1 Å². The van der Waals surface area contributed by atoms with Gasteiger partial charge in [-0.15, -0.1) is 11.8 Å². The number of hydrogen-bond acceptors (Lipinski definition) is 5. The van der Waals surface area contributed by atoms with E-state index in [1.807, 2.05) is 30.3 Å². The van der Waals surface area contributed by atoms with Gasteiger partial charge in [0, 0.05) is 16.7 Å². The number of methoxy groups -OCH3 is 1. The number of nitrogens with one attached hydrogen (secondary N) is 1.